The van der Waals surface area contributed by atoms with E-state index in [1.165, 1.54) is 12.2 Å². The summed E-state index contributed by atoms with van der Waals surface area (Å²) in [7, 11) is 2.10. The number of carbonyl (C=O) groups excluding carboxylic acids is 2. The molecule has 1 aliphatic carbocycles. The first kappa shape index (κ1) is 17.8. The van der Waals surface area contributed by atoms with Crippen molar-refractivity contribution in [3.05, 3.63) is 33.7 Å². The molecule has 0 saturated heterocycles. The average Bonchev–Trinajstić information content (AvgIpc) is 2.86. The second kappa shape index (κ2) is 7.67. The van der Waals surface area contributed by atoms with Gasteiger partial charge < -0.3 is 9.47 Å². The molecule has 2 unspecified atom stereocenters. The molecule has 0 heterocycles. The Balaban J connectivity index is 3.23. The molecule has 0 aliphatic heterocycles. The third-order valence-electron chi connectivity index (χ3n) is 3.60. The SMILES string of the molecule is CCC1=CC(C(C[N+](=O)[O-])C(C(=O)OC)C(=O)OC)C(F)=C1. The highest BCUT2D eigenvalue weighted by molar-refractivity contribution is 5.95. The molecule has 122 valence electrons. The van der Waals surface area contributed by atoms with Crippen molar-refractivity contribution in [1.29, 1.82) is 0 Å². The predicted molar refractivity (Wildman–Crippen MR) is 73.9 cm³/mol. The average molecular weight is 315 g/mol. The summed E-state index contributed by atoms with van der Waals surface area (Å²) >= 11 is 0. The van der Waals surface area contributed by atoms with E-state index in [-0.39, 0.29) is 0 Å². The van der Waals surface area contributed by atoms with E-state index < -0.39 is 47.0 Å². The molecule has 22 heavy (non-hydrogen) atoms. The van der Waals surface area contributed by atoms with Crippen LogP contribution in [0, 0.1) is 27.9 Å². The predicted octanol–water partition coefficient (Wildman–Crippen LogP) is 1.66. The number of rotatable bonds is 7. The molecule has 0 saturated carbocycles. The van der Waals surface area contributed by atoms with Gasteiger partial charge in [-0.05, 0) is 18.1 Å². The summed E-state index contributed by atoms with van der Waals surface area (Å²) in [6.07, 6.45) is 3.31. The molecular formula is C14H18FNO6. The van der Waals surface area contributed by atoms with E-state index in [9.17, 15) is 24.1 Å². The van der Waals surface area contributed by atoms with E-state index in [4.69, 9.17) is 0 Å². The number of methoxy groups -OCH3 is 2. The van der Waals surface area contributed by atoms with Crippen molar-refractivity contribution < 1.29 is 28.4 Å². The Hall–Kier alpha value is -2.25. The Bertz CT molecular complexity index is 511. The summed E-state index contributed by atoms with van der Waals surface area (Å²) in [6.45, 7) is 1.05. The fourth-order valence-electron chi connectivity index (χ4n) is 2.48. The lowest BCUT2D eigenvalue weighted by Crippen LogP contribution is -2.40. The van der Waals surface area contributed by atoms with Crippen LogP contribution in [-0.4, -0.2) is 37.6 Å². The Morgan fingerprint density at radius 1 is 1.36 bits per heavy atom. The van der Waals surface area contributed by atoms with Crippen LogP contribution < -0.4 is 0 Å². The number of halogens is 1. The zero-order chi connectivity index (χ0) is 16.9. The van der Waals surface area contributed by atoms with Gasteiger partial charge in [0, 0.05) is 10.8 Å². The smallest absolute Gasteiger partial charge is 0.320 e. The van der Waals surface area contributed by atoms with Gasteiger partial charge in [0.2, 0.25) is 6.54 Å². The number of nitrogens with zero attached hydrogens (tertiary/aromatic N) is 1. The molecule has 8 heteroatoms. The van der Waals surface area contributed by atoms with Crippen LogP contribution in [0.15, 0.2) is 23.6 Å². The lowest BCUT2D eigenvalue weighted by Gasteiger charge is -2.24. The van der Waals surface area contributed by atoms with E-state index in [1.807, 2.05) is 0 Å². The fraction of sp³-hybridized carbons (Fsp3) is 0.571. The number of ether oxygens (including phenoxy) is 2. The summed E-state index contributed by atoms with van der Waals surface area (Å²) in [5, 5.41) is 10.9. The minimum absolute atomic E-state index is 0.538. The van der Waals surface area contributed by atoms with E-state index >= 15 is 0 Å². The Labute approximate surface area is 126 Å². The van der Waals surface area contributed by atoms with E-state index in [2.05, 4.69) is 9.47 Å². The van der Waals surface area contributed by atoms with Crippen molar-refractivity contribution >= 4 is 11.9 Å². The van der Waals surface area contributed by atoms with Crippen molar-refractivity contribution in [2.45, 2.75) is 13.3 Å². The molecule has 0 N–H and O–H groups in total. The Morgan fingerprint density at radius 2 is 1.91 bits per heavy atom. The third kappa shape index (κ3) is 3.90. The summed E-state index contributed by atoms with van der Waals surface area (Å²) in [5.74, 6) is -6.37. The van der Waals surface area contributed by atoms with Crippen molar-refractivity contribution in [3.63, 3.8) is 0 Å². The second-order valence-corrected chi connectivity index (χ2v) is 4.85. The largest absolute Gasteiger partial charge is 0.468 e. The van der Waals surface area contributed by atoms with Gasteiger partial charge in [-0.2, -0.15) is 0 Å². The number of hydrogen-bond acceptors (Lipinski definition) is 6. The van der Waals surface area contributed by atoms with E-state index in [0.717, 1.165) is 14.2 Å². The van der Waals surface area contributed by atoms with E-state index in [1.54, 1.807) is 6.92 Å². The zero-order valence-electron chi connectivity index (χ0n) is 12.6. The molecule has 1 aliphatic rings. The standard InChI is InChI=1S/C14H18FNO6/c1-4-8-5-9(11(15)6-8)10(7-16(19)20)12(13(17)21-2)14(18)22-3/h5-6,9-10,12H,4,7H2,1-3H3. The molecule has 0 radical (unpaired) electrons. The van der Waals surface area contributed by atoms with Gasteiger partial charge in [-0.3, -0.25) is 19.7 Å². The van der Waals surface area contributed by atoms with Gasteiger partial charge in [-0.25, -0.2) is 4.39 Å². The summed E-state index contributed by atoms with van der Waals surface area (Å²) in [5.41, 5.74) is 0.657. The lowest BCUT2D eigenvalue weighted by atomic mass is 9.81. The molecule has 7 nitrogen and oxygen atoms in total. The van der Waals surface area contributed by atoms with Gasteiger partial charge in [-0.15, -0.1) is 0 Å². The first-order valence-electron chi connectivity index (χ1n) is 6.70. The van der Waals surface area contributed by atoms with Crippen LogP contribution in [-0.2, 0) is 19.1 Å². The van der Waals surface area contributed by atoms with Gasteiger partial charge in [0.25, 0.3) is 0 Å². The van der Waals surface area contributed by atoms with Crippen LogP contribution in [0.1, 0.15) is 13.3 Å². The summed E-state index contributed by atoms with van der Waals surface area (Å²) in [4.78, 5) is 33.9. The minimum atomic E-state index is -1.56. The maximum atomic E-state index is 14.1. The topological polar surface area (TPSA) is 95.7 Å². The van der Waals surface area contributed by atoms with Crippen LogP contribution in [0.2, 0.25) is 0 Å². The van der Waals surface area contributed by atoms with Crippen molar-refractivity contribution in [2.75, 3.05) is 20.8 Å². The van der Waals surface area contributed by atoms with Crippen molar-refractivity contribution in [1.82, 2.24) is 0 Å². The number of esters is 2. The molecule has 2 atom stereocenters. The fourth-order valence-corrected chi connectivity index (χ4v) is 2.48. The number of nitro groups is 1. The van der Waals surface area contributed by atoms with Crippen LogP contribution in [0.25, 0.3) is 0 Å². The normalized spacial score (nSPS) is 18.5. The highest BCUT2D eigenvalue weighted by Gasteiger charge is 2.45. The quantitative estimate of drug-likeness (QED) is 0.307. The van der Waals surface area contributed by atoms with E-state index in [0.29, 0.717) is 12.0 Å². The lowest BCUT2D eigenvalue weighted by molar-refractivity contribution is -0.490. The molecular weight excluding hydrogens is 297 g/mol. The third-order valence-corrected chi connectivity index (χ3v) is 3.60. The molecule has 0 fully saturated rings. The van der Waals surface area contributed by atoms with Gasteiger partial charge in [-0.1, -0.05) is 13.0 Å². The number of allylic oxidation sites excluding steroid dienone is 4. The highest BCUT2D eigenvalue weighted by atomic mass is 19.1. The van der Waals surface area contributed by atoms with Crippen LogP contribution in [0.5, 0.6) is 0 Å². The first-order chi connectivity index (χ1) is 10.3. The maximum absolute atomic E-state index is 14.1. The number of hydrogen-bond donors (Lipinski definition) is 0. The van der Waals surface area contributed by atoms with Crippen molar-refractivity contribution in [2.24, 2.45) is 17.8 Å². The molecule has 0 spiro atoms. The minimum Gasteiger partial charge on any atom is -0.468 e. The summed E-state index contributed by atoms with van der Waals surface area (Å²) in [6, 6.07) is 0. The van der Waals surface area contributed by atoms with Gasteiger partial charge in [0.05, 0.1) is 20.1 Å². The Kier molecular flexibility index (Phi) is 6.21. The second-order valence-electron chi connectivity index (χ2n) is 4.85. The highest BCUT2D eigenvalue weighted by Crippen LogP contribution is 2.37. The molecule has 0 bridgehead atoms. The summed E-state index contributed by atoms with van der Waals surface area (Å²) < 4.78 is 23.1. The molecule has 0 aromatic heterocycles. The zero-order valence-corrected chi connectivity index (χ0v) is 12.6. The van der Waals surface area contributed by atoms with Gasteiger partial charge in [0.1, 0.15) is 5.83 Å². The van der Waals surface area contributed by atoms with Crippen molar-refractivity contribution in [3.8, 4) is 0 Å². The molecule has 0 aromatic rings. The first-order valence-corrected chi connectivity index (χ1v) is 6.70. The monoisotopic (exact) mass is 315 g/mol. The molecule has 1 rings (SSSR count). The van der Waals surface area contributed by atoms with Gasteiger partial charge in [0.15, 0.2) is 5.92 Å². The van der Waals surface area contributed by atoms with Crippen LogP contribution >= 0.6 is 0 Å². The number of carbonyl (C=O) groups is 2. The van der Waals surface area contributed by atoms with Crippen LogP contribution in [0.3, 0.4) is 0 Å². The maximum Gasteiger partial charge on any atom is 0.320 e. The Morgan fingerprint density at radius 3 is 2.27 bits per heavy atom. The van der Waals surface area contributed by atoms with Crippen LogP contribution in [0.4, 0.5) is 4.39 Å². The molecule has 0 amide bonds. The molecule has 0 aromatic carbocycles. The van der Waals surface area contributed by atoms with Gasteiger partial charge >= 0.3 is 11.9 Å².